The zero-order valence-corrected chi connectivity index (χ0v) is 11.2. The van der Waals surface area contributed by atoms with Crippen LogP contribution in [0.4, 0.5) is 0 Å². The van der Waals surface area contributed by atoms with Gasteiger partial charge in [0.15, 0.2) is 11.5 Å². The molecule has 2 aromatic carbocycles. The van der Waals surface area contributed by atoms with Crippen LogP contribution in [0.3, 0.4) is 0 Å². The van der Waals surface area contributed by atoms with Gasteiger partial charge in [-0.05, 0) is 23.8 Å². The van der Waals surface area contributed by atoms with E-state index in [1.165, 1.54) is 0 Å². The van der Waals surface area contributed by atoms with E-state index in [-0.39, 0.29) is 0 Å². The third-order valence-electron chi connectivity index (χ3n) is 3.39. The number of fused-ring (bicyclic) bond motifs is 1. The first kappa shape index (κ1) is 13.0. The number of quaternary nitrogens is 1. The van der Waals surface area contributed by atoms with E-state index in [0.717, 1.165) is 29.2 Å². The maximum absolute atomic E-state index is 10.1. The third-order valence-corrected chi connectivity index (χ3v) is 3.39. The van der Waals surface area contributed by atoms with Gasteiger partial charge in [0.2, 0.25) is 6.79 Å². The molecule has 1 aliphatic rings. The highest BCUT2D eigenvalue weighted by Crippen LogP contribution is 2.32. The molecule has 4 nitrogen and oxygen atoms in total. The first-order valence-electron chi connectivity index (χ1n) is 6.76. The van der Waals surface area contributed by atoms with E-state index in [1.54, 1.807) is 0 Å². The van der Waals surface area contributed by atoms with Crippen molar-refractivity contribution in [3.8, 4) is 11.5 Å². The Morgan fingerprint density at radius 2 is 1.85 bits per heavy atom. The monoisotopic (exact) mass is 272 g/mol. The number of hydrogen-bond acceptors (Lipinski definition) is 3. The summed E-state index contributed by atoms with van der Waals surface area (Å²) in [6, 6.07) is 15.7. The number of benzene rings is 2. The molecular formula is C16H18NO3+. The van der Waals surface area contributed by atoms with Crippen LogP contribution in [0.1, 0.15) is 17.2 Å². The van der Waals surface area contributed by atoms with Gasteiger partial charge in [-0.2, -0.15) is 0 Å². The van der Waals surface area contributed by atoms with E-state index in [2.05, 4.69) is 5.32 Å². The van der Waals surface area contributed by atoms with Crippen LogP contribution in [-0.4, -0.2) is 18.4 Å². The normalized spacial score (nSPS) is 14.2. The first-order valence-corrected chi connectivity index (χ1v) is 6.76. The maximum atomic E-state index is 10.1. The van der Waals surface area contributed by atoms with Crippen LogP contribution < -0.4 is 14.8 Å². The maximum Gasteiger partial charge on any atom is 0.231 e. The quantitative estimate of drug-likeness (QED) is 0.860. The second kappa shape index (κ2) is 5.94. The Labute approximate surface area is 118 Å². The van der Waals surface area contributed by atoms with Gasteiger partial charge in [-0.3, -0.25) is 0 Å². The molecule has 20 heavy (non-hydrogen) atoms. The standard InChI is InChI=1S/C16H17NO3/c18-14(13-4-2-1-3-5-13)10-17-9-12-6-7-15-16(8-12)20-11-19-15/h1-8,14,17-18H,9-11H2/p+1/t14-/m0/s1. The lowest BCUT2D eigenvalue weighted by Crippen LogP contribution is -2.83. The highest BCUT2D eigenvalue weighted by atomic mass is 16.7. The van der Waals surface area contributed by atoms with E-state index in [4.69, 9.17) is 9.47 Å². The van der Waals surface area contributed by atoms with Crippen LogP contribution in [-0.2, 0) is 6.54 Å². The highest BCUT2D eigenvalue weighted by Gasteiger charge is 2.14. The van der Waals surface area contributed by atoms with Crippen molar-refractivity contribution in [3.63, 3.8) is 0 Å². The SMILES string of the molecule is O[C@@H](C[NH2+]Cc1ccc2c(c1)OCO2)c1ccccc1. The molecule has 104 valence electrons. The Hall–Kier alpha value is -2.04. The summed E-state index contributed by atoms with van der Waals surface area (Å²) in [5.41, 5.74) is 2.11. The van der Waals surface area contributed by atoms with Crippen LogP contribution in [0.5, 0.6) is 11.5 Å². The van der Waals surface area contributed by atoms with E-state index < -0.39 is 6.10 Å². The van der Waals surface area contributed by atoms with Gasteiger partial charge >= 0.3 is 0 Å². The van der Waals surface area contributed by atoms with Gasteiger partial charge < -0.3 is 19.9 Å². The zero-order valence-electron chi connectivity index (χ0n) is 11.2. The molecule has 1 aliphatic heterocycles. The minimum absolute atomic E-state index is 0.301. The van der Waals surface area contributed by atoms with Crippen molar-refractivity contribution in [2.24, 2.45) is 0 Å². The molecule has 0 bridgehead atoms. The third kappa shape index (κ3) is 2.92. The molecule has 3 rings (SSSR count). The molecule has 3 N–H and O–H groups in total. The largest absolute Gasteiger partial charge is 0.454 e. The Morgan fingerprint density at radius 1 is 1.05 bits per heavy atom. The Kier molecular flexibility index (Phi) is 3.85. The van der Waals surface area contributed by atoms with Gasteiger partial charge in [0.1, 0.15) is 19.2 Å². The number of hydrogen-bond donors (Lipinski definition) is 2. The summed E-state index contributed by atoms with van der Waals surface area (Å²) in [5.74, 6) is 1.61. The molecular weight excluding hydrogens is 254 g/mol. The molecule has 2 aromatic rings. The minimum atomic E-state index is -0.440. The van der Waals surface area contributed by atoms with Gasteiger partial charge in [-0.1, -0.05) is 30.3 Å². The molecule has 1 atom stereocenters. The van der Waals surface area contributed by atoms with Crippen molar-refractivity contribution in [1.29, 1.82) is 0 Å². The molecule has 1 heterocycles. The summed E-state index contributed by atoms with van der Waals surface area (Å²) >= 11 is 0. The summed E-state index contributed by atoms with van der Waals surface area (Å²) in [6.45, 7) is 1.74. The molecule has 0 spiro atoms. The van der Waals surface area contributed by atoms with E-state index in [9.17, 15) is 5.11 Å². The highest BCUT2D eigenvalue weighted by molar-refractivity contribution is 5.44. The van der Waals surface area contributed by atoms with Gasteiger partial charge in [0.25, 0.3) is 0 Å². The lowest BCUT2D eigenvalue weighted by atomic mass is 10.1. The van der Waals surface area contributed by atoms with Crippen molar-refractivity contribution in [2.45, 2.75) is 12.6 Å². The smallest absolute Gasteiger partial charge is 0.231 e. The lowest BCUT2D eigenvalue weighted by molar-refractivity contribution is -0.677. The number of ether oxygens (including phenoxy) is 2. The van der Waals surface area contributed by atoms with Crippen molar-refractivity contribution in [2.75, 3.05) is 13.3 Å². The minimum Gasteiger partial charge on any atom is -0.454 e. The summed E-state index contributed by atoms with van der Waals surface area (Å²) in [4.78, 5) is 0. The van der Waals surface area contributed by atoms with E-state index >= 15 is 0 Å². The number of nitrogens with two attached hydrogens (primary N) is 1. The van der Waals surface area contributed by atoms with Crippen molar-refractivity contribution < 1.29 is 19.9 Å². The van der Waals surface area contributed by atoms with Gasteiger partial charge in [-0.25, -0.2) is 0 Å². The Balaban J connectivity index is 1.53. The molecule has 4 heteroatoms. The fourth-order valence-corrected chi connectivity index (χ4v) is 2.29. The van der Waals surface area contributed by atoms with Gasteiger partial charge in [0.05, 0.1) is 0 Å². The van der Waals surface area contributed by atoms with Crippen LogP contribution in [0, 0.1) is 0 Å². The zero-order chi connectivity index (χ0) is 13.8. The predicted molar refractivity (Wildman–Crippen MR) is 74.5 cm³/mol. The number of aliphatic hydroxyl groups excluding tert-OH is 1. The van der Waals surface area contributed by atoms with Gasteiger partial charge in [-0.15, -0.1) is 0 Å². The Morgan fingerprint density at radius 3 is 2.70 bits per heavy atom. The second-order valence-electron chi connectivity index (χ2n) is 4.84. The van der Waals surface area contributed by atoms with E-state index in [1.807, 2.05) is 48.5 Å². The fourth-order valence-electron chi connectivity index (χ4n) is 2.29. The molecule has 0 unspecified atom stereocenters. The van der Waals surface area contributed by atoms with Crippen molar-refractivity contribution in [3.05, 3.63) is 59.7 Å². The summed E-state index contributed by atoms with van der Waals surface area (Å²) in [6.07, 6.45) is -0.440. The summed E-state index contributed by atoms with van der Waals surface area (Å²) in [7, 11) is 0. The summed E-state index contributed by atoms with van der Waals surface area (Å²) < 4.78 is 10.6. The van der Waals surface area contributed by atoms with Crippen LogP contribution in [0.25, 0.3) is 0 Å². The van der Waals surface area contributed by atoms with Crippen LogP contribution in [0.2, 0.25) is 0 Å². The topological polar surface area (TPSA) is 55.3 Å². The van der Waals surface area contributed by atoms with Crippen molar-refractivity contribution in [1.82, 2.24) is 0 Å². The fraction of sp³-hybridized carbons (Fsp3) is 0.250. The predicted octanol–water partition coefficient (Wildman–Crippen LogP) is 1.21. The lowest BCUT2D eigenvalue weighted by Gasteiger charge is -2.10. The molecule has 0 radical (unpaired) electrons. The van der Waals surface area contributed by atoms with Crippen LogP contribution >= 0.6 is 0 Å². The van der Waals surface area contributed by atoms with E-state index in [0.29, 0.717) is 13.3 Å². The molecule has 0 fully saturated rings. The molecule has 0 aromatic heterocycles. The van der Waals surface area contributed by atoms with Gasteiger partial charge in [0, 0.05) is 5.56 Å². The number of aliphatic hydroxyl groups is 1. The second-order valence-corrected chi connectivity index (χ2v) is 4.84. The molecule has 0 amide bonds. The number of rotatable bonds is 5. The average Bonchev–Trinajstić information content (AvgIpc) is 2.95. The van der Waals surface area contributed by atoms with Crippen molar-refractivity contribution >= 4 is 0 Å². The molecule has 0 saturated heterocycles. The molecule has 0 aliphatic carbocycles. The Bertz CT molecular complexity index is 571. The summed E-state index contributed by atoms with van der Waals surface area (Å²) in [5, 5.41) is 12.2. The average molecular weight is 272 g/mol. The first-order chi connectivity index (χ1) is 9.83. The molecule has 0 saturated carbocycles. The van der Waals surface area contributed by atoms with Crippen LogP contribution in [0.15, 0.2) is 48.5 Å².